The second kappa shape index (κ2) is 9.36. The predicted octanol–water partition coefficient (Wildman–Crippen LogP) is 2.70. The lowest BCUT2D eigenvalue weighted by Gasteiger charge is -2.35. The molecule has 0 unspecified atom stereocenters. The molecule has 0 atom stereocenters. The van der Waals surface area contributed by atoms with Gasteiger partial charge in [-0.25, -0.2) is 4.98 Å². The Morgan fingerprint density at radius 3 is 2.40 bits per heavy atom. The smallest absolute Gasteiger partial charge is 0.155 e. The van der Waals surface area contributed by atoms with Crippen LogP contribution in [0.15, 0.2) is 42.9 Å². The summed E-state index contributed by atoms with van der Waals surface area (Å²) >= 11 is 0. The zero-order valence-corrected chi connectivity index (χ0v) is 18.1. The Kier molecular flexibility index (Phi) is 6.40. The van der Waals surface area contributed by atoms with E-state index in [0.29, 0.717) is 0 Å². The van der Waals surface area contributed by atoms with E-state index in [1.807, 2.05) is 17.9 Å². The van der Waals surface area contributed by atoms with Crippen molar-refractivity contribution >= 4 is 5.82 Å². The van der Waals surface area contributed by atoms with Crippen LogP contribution in [0.1, 0.15) is 16.8 Å². The fourth-order valence-electron chi connectivity index (χ4n) is 3.87. The van der Waals surface area contributed by atoms with Crippen molar-refractivity contribution < 1.29 is 4.74 Å². The summed E-state index contributed by atoms with van der Waals surface area (Å²) < 4.78 is 7.12. The Hall–Kier alpha value is -2.77. The molecular weight excluding hydrogens is 376 g/mol. The van der Waals surface area contributed by atoms with Crippen LogP contribution >= 0.6 is 0 Å². The number of benzene rings is 1. The van der Waals surface area contributed by atoms with Crippen molar-refractivity contribution in [2.24, 2.45) is 7.05 Å². The minimum atomic E-state index is 0.735. The zero-order valence-electron chi connectivity index (χ0n) is 18.1. The quantitative estimate of drug-likeness (QED) is 0.601. The third-order valence-corrected chi connectivity index (χ3v) is 5.90. The normalized spacial score (nSPS) is 15.0. The highest BCUT2D eigenvalue weighted by molar-refractivity contribution is 5.72. The second-order valence-corrected chi connectivity index (χ2v) is 7.81. The van der Waals surface area contributed by atoms with Crippen LogP contribution in [0.3, 0.4) is 0 Å². The molecule has 4 rings (SSSR count). The van der Waals surface area contributed by atoms with Crippen molar-refractivity contribution in [1.82, 2.24) is 24.6 Å². The monoisotopic (exact) mass is 406 g/mol. The van der Waals surface area contributed by atoms with Gasteiger partial charge in [0.05, 0.1) is 12.8 Å². The van der Waals surface area contributed by atoms with Gasteiger partial charge < -0.3 is 9.64 Å². The molecular formula is C23H30N6O. The molecule has 7 nitrogen and oxygen atoms in total. The van der Waals surface area contributed by atoms with Crippen LogP contribution in [0.4, 0.5) is 5.82 Å². The predicted molar refractivity (Wildman–Crippen MR) is 118 cm³/mol. The second-order valence-electron chi connectivity index (χ2n) is 7.81. The van der Waals surface area contributed by atoms with Gasteiger partial charge in [-0.3, -0.25) is 14.6 Å². The topological polar surface area (TPSA) is 59.3 Å². The summed E-state index contributed by atoms with van der Waals surface area (Å²) in [6.07, 6.45) is 6.47. The zero-order chi connectivity index (χ0) is 20.9. The van der Waals surface area contributed by atoms with Crippen molar-refractivity contribution in [1.29, 1.82) is 0 Å². The molecule has 1 saturated heterocycles. The molecule has 3 aromatic rings. The molecule has 30 heavy (non-hydrogen) atoms. The van der Waals surface area contributed by atoms with Crippen LogP contribution < -0.4 is 4.90 Å². The van der Waals surface area contributed by atoms with Crippen molar-refractivity contribution in [3.8, 4) is 11.3 Å². The fraction of sp³-hybridized carbons (Fsp3) is 0.435. The number of aryl methyl sites for hydroxylation is 1. The molecule has 1 aliphatic rings. The van der Waals surface area contributed by atoms with Crippen LogP contribution in [0.5, 0.6) is 0 Å². The third-order valence-electron chi connectivity index (χ3n) is 5.90. The lowest BCUT2D eigenvalue weighted by Crippen LogP contribution is -2.46. The lowest BCUT2D eigenvalue weighted by molar-refractivity contribution is 0.202. The number of ether oxygens (including phenoxy) is 1. The largest absolute Gasteiger partial charge is 0.384 e. The highest BCUT2D eigenvalue weighted by atomic mass is 16.5. The number of aromatic nitrogens is 4. The molecule has 1 fully saturated rings. The van der Waals surface area contributed by atoms with E-state index < -0.39 is 0 Å². The highest BCUT2D eigenvalue weighted by Gasteiger charge is 2.22. The highest BCUT2D eigenvalue weighted by Crippen LogP contribution is 2.28. The van der Waals surface area contributed by atoms with Gasteiger partial charge in [0.1, 0.15) is 5.69 Å². The van der Waals surface area contributed by atoms with Crippen molar-refractivity contribution in [3.63, 3.8) is 0 Å². The van der Waals surface area contributed by atoms with Crippen LogP contribution in [0.2, 0.25) is 0 Å². The first-order valence-corrected chi connectivity index (χ1v) is 10.5. The molecule has 0 radical (unpaired) electrons. The summed E-state index contributed by atoms with van der Waals surface area (Å²) in [5.41, 5.74) is 5.87. The summed E-state index contributed by atoms with van der Waals surface area (Å²) in [5.74, 6) is 0.972. The summed E-state index contributed by atoms with van der Waals surface area (Å²) in [5, 5.41) is 4.37. The summed E-state index contributed by atoms with van der Waals surface area (Å²) in [7, 11) is 3.73. The van der Waals surface area contributed by atoms with E-state index in [9.17, 15) is 0 Å². The van der Waals surface area contributed by atoms with Gasteiger partial charge in [-0.05, 0) is 18.9 Å². The van der Waals surface area contributed by atoms with E-state index in [-0.39, 0.29) is 0 Å². The van der Waals surface area contributed by atoms with E-state index in [1.165, 1.54) is 16.8 Å². The molecule has 2 aromatic heterocycles. The number of piperazine rings is 1. The van der Waals surface area contributed by atoms with Crippen molar-refractivity contribution in [2.75, 3.05) is 44.8 Å². The molecule has 1 aliphatic heterocycles. The molecule has 1 aromatic carbocycles. The van der Waals surface area contributed by atoms with Gasteiger partial charge in [0.25, 0.3) is 0 Å². The van der Waals surface area contributed by atoms with Gasteiger partial charge in [0, 0.05) is 76.1 Å². The van der Waals surface area contributed by atoms with Gasteiger partial charge >= 0.3 is 0 Å². The number of nitrogens with zero attached hydrogens (tertiary/aromatic N) is 6. The van der Waals surface area contributed by atoms with Crippen LogP contribution in [-0.4, -0.2) is 64.5 Å². The standard InChI is InChI=1S/C23H30N6O/c1-18-21(16-26-27(18)2)17-28-11-13-29(14-12-28)23-22(24-9-10-25-23)20-6-4-19(5-7-20)8-15-30-3/h4-7,9-10,16H,8,11-15,17H2,1-3H3. The van der Waals surface area contributed by atoms with E-state index >= 15 is 0 Å². The Labute approximate surface area is 178 Å². The molecule has 0 saturated carbocycles. The molecule has 0 bridgehead atoms. The third kappa shape index (κ3) is 4.52. The Morgan fingerprint density at radius 2 is 1.73 bits per heavy atom. The molecule has 0 aliphatic carbocycles. The summed E-state index contributed by atoms with van der Waals surface area (Å²) in [4.78, 5) is 14.2. The van der Waals surface area contributed by atoms with Crippen LogP contribution in [0.25, 0.3) is 11.3 Å². The lowest BCUT2D eigenvalue weighted by atomic mass is 10.1. The fourth-order valence-corrected chi connectivity index (χ4v) is 3.87. The van der Waals surface area contributed by atoms with Crippen LogP contribution in [0, 0.1) is 6.92 Å². The first kappa shape index (κ1) is 20.5. The maximum Gasteiger partial charge on any atom is 0.155 e. The summed E-state index contributed by atoms with van der Waals surface area (Å²) in [6.45, 7) is 7.70. The van der Waals surface area contributed by atoms with E-state index in [1.54, 1.807) is 19.5 Å². The minimum absolute atomic E-state index is 0.735. The van der Waals surface area contributed by atoms with E-state index in [2.05, 4.69) is 56.1 Å². The van der Waals surface area contributed by atoms with E-state index in [4.69, 9.17) is 4.74 Å². The molecule has 3 heterocycles. The minimum Gasteiger partial charge on any atom is -0.384 e. The van der Waals surface area contributed by atoms with Crippen molar-refractivity contribution in [3.05, 3.63) is 59.7 Å². The molecule has 0 amide bonds. The average molecular weight is 407 g/mol. The number of hydrogen-bond donors (Lipinski definition) is 0. The number of methoxy groups -OCH3 is 1. The van der Waals surface area contributed by atoms with Crippen LogP contribution in [-0.2, 0) is 24.8 Å². The number of rotatable bonds is 7. The van der Waals surface area contributed by atoms with Gasteiger partial charge in [-0.15, -0.1) is 0 Å². The molecule has 0 N–H and O–H groups in total. The van der Waals surface area contributed by atoms with Gasteiger partial charge in [0.2, 0.25) is 0 Å². The van der Waals surface area contributed by atoms with Gasteiger partial charge in [-0.1, -0.05) is 24.3 Å². The Balaban J connectivity index is 1.44. The first-order chi connectivity index (χ1) is 14.7. The summed E-state index contributed by atoms with van der Waals surface area (Å²) in [6, 6.07) is 8.59. The molecule has 158 valence electrons. The average Bonchev–Trinajstić information content (AvgIpc) is 3.11. The SMILES string of the molecule is COCCc1ccc(-c2nccnc2N2CCN(Cc3cnn(C)c3C)CC2)cc1. The maximum atomic E-state index is 5.18. The van der Waals surface area contributed by atoms with Gasteiger partial charge in [-0.2, -0.15) is 5.10 Å². The Bertz CT molecular complexity index is 960. The number of anilines is 1. The number of hydrogen-bond acceptors (Lipinski definition) is 6. The molecule has 0 spiro atoms. The molecule has 7 heteroatoms. The van der Waals surface area contributed by atoms with Crippen molar-refractivity contribution in [2.45, 2.75) is 19.9 Å². The van der Waals surface area contributed by atoms with E-state index in [0.717, 1.165) is 62.8 Å². The maximum absolute atomic E-state index is 5.18. The van der Waals surface area contributed by atoms with Gasteiger partial charge in [0.15, 0.2) is 5.82 Å². The Morgan fingerprint density at radius 1 is 1.00 bits per heavy atom. The first-order valence-electron chi connectivity index (χ1n) is 10.5.